The molecule has 4 nitrogen and oxygen atoms in total. The molecule has 2 N–H and O–H groups in total. The quantitative estimate of drug-likeness (QED) is 0.606. The van der Waals surface area contributed by atoms with Crippen molar-refractivity contribution < 1.29 is 9.59 Å². The predicted octanol–water partition coefficient (Wildman–Crippen LogP) is 0.285. The van der Waals surface area contributed by atoms with Gasteiger partial charge in [0.15, 0.2) is 0 Å². The number of carbonyl (C=O) groups excluding carboxylic acids is 2. The standard InChI is InChI=1S/C9H18N2O2/c1-7(2)9(13)11-6-4-5-8(12)10-3/h7H,4-6H2,1-3H3,(H,10,12)(H,11,13). The fraction of sp³-hybridized carbons (Fsp3) is 0.778. The SMILES string of the molecule is CNC(=O)CCCNC(=O)C(C)C. The highest BCUT2D eigenvalue weighted by molar-refractivity contribution is 5.78. The van der Waals surface area contributed by atoms with Crippen molar-refractivity contribution in [3.05, 3.63) is 0 Å². The van der Waals surface area contributed by atoms with Gasteiger partial charge in [-0.15, -0.1) is 0 Å². The third-order valence-corrected chi connectivity index (χ3v) is 1.68. The number of amides is 2. The molecule has 4 heteroatoms. The number of carbonyl (C=O) groups is 2. The monoisotopic (exact) mass is 186 g/mol. The summed E-state index contributed by atoms with van der Waals surface area (Å²) in [6.07, 6.45) is 1.16. The van der Waals surface area contributed by atoms with Crippen LogP contribution in [0.15, 0.2) is 0 Å². The first-order chi connectivity index (χ1) is 6.07. The van der Waals surface area contributed by atoms with Gasteiger partial charge in [-0.1, -0.05) is 13.8 Å². The van der Waals surface area contributed by atoms with E-state index < -0.39 is 0 Å². The second kappa shape index (κ2) is 6.46. The van der Waals surface area contributed by atoms with Crippen LogP contribution in [0.3, 0.4) is 0 Å². The highest BCUT2D eigenvalue weighted by Gasteiger charge is 2.05. The maximum absolute atomic E-state index is 11.0. The first-order valence-corrected chi connectivity index (χ1v) is 4.56. The summed E-state index contributed by atoms with van der Waals surface area (Å²) in [7, 11) is 1.61. The van der Waals surface area contributed by atoms with Gasteiger partial charge in [0, 0.05) is 25.9 Å². The minimum Gasteiger partial charge on any atom is -0.359 e. The van der Waals surface area contributed by atoms with Crippen molar-refractivity contribution in [3.63, 3.8) is 0 Å². The molecule has 0 unspecified atom stereocenters. The van der Waals surface area contributed by atoms with Crippen molar-refractivity contribution in [2.45, 2.75) is 26.7 Å². The van der Waals surface area contributed by atoms with Crippen molar-refractivity contribution in [2.24, 2.45) is 5.92 Å². The lowest BCUT2D eigenvalue weighted by atomic mass is 10.2. The van der Waals surface area contributed by atoms with E-state index in [1.165, 1.54) is 0 Å². The number of hydrogen-bond donors (Lipinski definition) is 2. The van der Waals surface area contributed by atoms with E-state index in [2.05, 4.69) is 10.6 Å². The summed E-state index contributed by atoms with van der Waals surface area (Å²) in [4.78, 5) is 21.8. The lowest BCUT2D eigenvalue weighted by Gasteiger charge is -2.06. The summed E-state index contributed by atoms with van der Waals surface area (Å²) in [5, 5.41) is 5.27. The average molecular weight is 186 g/mol. The lowest BCUT2D eigenvalue weighted by molar-refractivity contribution is -0.124. The van der Waals surface area contributed by atoms with Gasteiger partial charge < -0.3 is 10.6 Å². The summed E-state index contributed by atoms with van der Waals surface area (Å²) in [5.74, 6) is 0.0655. The Morgan fingerprint density at radius 3 is 2.38 bits per heavy atom. The molecule has 0 fully saturated rings. The van der Waals surface area contributed by atoms with E-state index >= 15 is 0 Å². The van der Waals surface area contributed by atoms with Crippen molar-refractivity contribution in [3.8, 4) is 0 Å². The zero-order valence-corrected chi connectivity index (χ0v) is 8.52. The molecule has 0 aliphatic rings. The van der Waals surface area contributed by atoms with E-state index in [1.807, 2.05) is 13.8 Å². The fourth-order valence-corrected chi connectivity index (χ4v) is 0.790. The van der Waals surface area contributed by atoms with Crippen molar-refractivity contribution in [1.29, 1.82) is 0 Å². The summed E-state index contributed by atoms with van der Waals surface area (Å²) in [6.45, 7) is 4.26. The predicted molar refractivity (Wildman–Crippen MR) is 51.1 cm³/mol. The van der Waals surface area contributed by atoms with Gasteiger partial charge >= 0.3 is 0 Å². The largest absolute Gasteiger partial charge is 0.359 e. The average Bonchev–Trinajstić information content (AvgIpc) is 2.11. The van der Waals surface area contributed by atoms with Crippen LogP contribution < -0.4 is 10.6 Å². The molecule has 76 valence electrons. The Balaban J connectivity index is 3.36. The van der Waals surface area contributed by atoms with Gasteiger partial charge in [-0.3, -0.25) is 9.59 Å². The Morgan fingerprint density at radius 1 is 1.31 bits per heavy atom. The van der Waals surface area contributed by atoms with Crippen LogP contribution >= 0.6 is 0 Å². The zero-order valence-electron chi connectivity index (χ0n) is 8.52. The Bertz CT molecular complexity index is 178. The van der Waals surface area contributed by atoms with E-state index in [9.17, 15) is 9.59 Å². The molecule has 0 aliphatic carbocycles. The van der Waals surface area contributed by atoms with E-state index in [1.54, 1.807) is 7.05 Å². The summed E-state index contributed by atoms with van der Waals surface area (Å²) in [5.41, 5.74) is 0. The van der Waals surface area contributed by atoms with Crippen LogP contribution in [0, 0.1) is 5.92 Å². The van der Waals surface area contributed by atoms with Crippen molar-refractivity contribution in [2.75, 3.05) is 13.6 Å². The minimum atomic E-state index is 0.0128. The van der Waals surface area contributed by atoms with Crippen LogP contribution in [0.5, 0.6) is 0 Å². The van der Waals surface area contributed by atoms with Crippen LogP contribution in [0.25, 0.3) is 0 Å². The molecule has 0 radical (unpaired) electrons. The van der Waals surface area contributed by atoms with Crippen LogP contribution in [0.1, 0.15) is 26.7 Å². The molecule has 0 saturated carbocycles. The highest BCUT2D eigenvalue weighted by atomic mass is 16.2. The molecule has 0 bridgehead atoms. The summed E-state index contributed by atoms with van der Waals surface area (Å²) >= 11 is 0. The van der Waals surface area contributed by atoms with Crippen LogP contribution in [-0.2, 0) is 9.59 Å². The smallest absolute Gasteiger partial charge is 0.222 e. The van der Waals surface area contributed by atoms with E-state index in [0.29, 0.717) is 19.4 Å². The molecule has 0 rings (SSSR count). The Kier molecular flexibility index (Phi) is 5.93. The molecule has 2 amide bonds. The molecule has 0 aliphatic heterocycles. The maximum Gasteiger partial charge on any atom is 0.222 e. The molecule has 0 spiro atoms. The Labute approximate surface area is 79.1 Å². The fourth-order valence-electron chi connectivity index (χ4n) is 0.790. The van der Waals surface area contributed by atoms with Gasteiger partial charge in [0.25, 0.3) is 0 Å². The van der Waals surface area contributed by atoms with E-state index in [-0.39, 0.29) is 17.7 Å². The molecular formula is C9H18N2O2. The molecule has 0 atom stereocenters. The molecule has 0 aromatic heterocycles. The van der Waals surface area contributed by atoms with Gasteiger partial charge in [-0.2, -0.15) is 0 Å². The second-order valence-electron chi connectivity index (χ2n) is 3.22. The number of nitrogens with one attached hydrogen (secondary N) is 2. The number of rotatable bonds is 5. The third kappa shape index (κ3) is 6.13. The maximum atomic E-state index is 11.0. The number of hydrogen-bond acceptors (Lipinski definition) is 2. The molecule has 0 aromatic rings. The molecule has 13 heavy (non-hydrogen) atoms. The first kappa shape index (κ1) is 11.9. The zero-order chi connectivity index (χ0) is 10.3. The van der Waals surface area contributed by atoms with Crippen molar-refractivity contribution in [1.82, 2.24) is 10.6 Å². The van der Waals surface area contributed by atoms with Gasteiger partial charge in [-0.05, 0) is 6.42 Å². The summed E-state index contributed by atoms with van der Waals surface area (Å²) < 4.78 is 0. The van der Waals surface area contributed by atoms with Crippen LogP contribution in [0.2, 0.25) is 0 Å². The van der Waals surface area contributed by atoms with E-state index in [4.69, 9.17) is 0 Å². The molecule has 0 heterocycles. The van der Waals surface area contributed by atoms with Crippen molar-refractivity contribution >= 4 is 11.8 Å². The highest BCUT2D eigenvalue weighted by Crippen LogP contribution is 1.91. The van der Waals surface area contributed by atoms with E-state index in [0.717, 1.165) is 0 Å². The molecule has 0 saturated heterocycles. The molecular weight excluding hydrogens is 168 g/mol. The normalized spacial score (nSPS) is 9.85. The van der Waals surface area contributed by atoms with Gasteiger partial charge in [0.1, 0.15) is 0 Å². The Hall–Kier alpha value is -1.06. The van der Waals surface area contributed by atoms with Crippen LogP contribution in [-0.4, -0.2) is 25.4 Å². The summed E-state index contributed by atoms with van der Waals surface area (Å²) in [6, 6.07) is 0. The minimum absolute atomic E-state index is 0.0128. The third-order valence-electron chi connectivity index (χ3n) is 1.68. The van der Waals surface area contributed by atoms with Gasteiger partial charge in [0.05, 0.1) is 0 Å². The lowest BCUT2D eigenvalue weighted by Crippen LogP contribution is -2.29. The second-order valence-corrected chi connectivity index (χ2v) is 3.22. The topological polar surface area (TPSA) is 58.2 Å². The Morgan fingerprint density at radius 2 is 1.92 bits per heavy atom. The molecule has 0 aromatic carbocycles. The van der Waals surface area contributed by atoms with Gasteiger partial charge in [0.2, 0.25) is 11.8 Å². The van der Waals surface area contributed by atoms with Gasteiger partial charge in [-0.25, -0.2) is 0 Å². The first-order valence-electron chi connectivity index (χ1n) is 4.56. The van der Waals surface area contributed by atoms with Crippen LogP contribution in [0.4, 0.5) is 0 Å².